The van der Waals surface area contributed by atoms with Gasteiger partial charge in [-0.25, -0.2) is 0 Å². The molecule has 0 aliphatic rings. The number of amides is 1. The van der Waals surface area contributed by atoms with Gasteiger partial charge in [0.2, 0.25) is 0 Å². The number of nitrogen functional groups attached to an aromatic ring is 1. The molecular weight excluding hydrogens is 304 g/mol. The lowest BCUT2D eigenvalue weighted by atomic mass is 10.2. The van der Waals surface area contributed by atoms with Crippen LogP contribution in [0.3, 0.4) is 0 Å². The van der Waals surface area contributed by atoms with E-state index in [-0.39, 0.29) is 5.91 Å². The van der Waals surface area contributed by atoms with Gasteiger partial charge in [-0.3, -0.25) is 4.79 Å². The molecule has 2 aromatic rings. The third kappa shape index (κ3) is 4.16. The van der Waals surface area contributed by atoms with Gasteiger partial charge in [0.1, 0.15) is 0 Å². The number of hydrogen-bond donors (Lipinski definition) is 2. The third-order valence-corrected chi connectivity index (χ3v) is 4.40. The Morgan fingerprint density at radius 2 is 2.05 bits per heavy atom. The molecule has 110 valence electrons. The molecule has 5 heteroatoms. The minimum atomic E-state index is -0.0841. The molecule has 1 amide bonds. The molecule has 0 radical (unpaired) electrons. The maximum absolute atomic E-state index is 12.1. The summed E-state index contributed by atoms with van der Waals surface area (Å²) in [6.45, 7) is 2.49. The van der Waals surface area contributed by atoms with Gasteiger partial charge in [0.15, 0.2) is 0 Å². The summed E-state index contributed by atoms with van der Waals surface area (Å²) in [7, 11) is 0. The molecule has 2 aromatic carbocycles. The fourth-order valence-corrected chi connectivity index (χ4v) is 3.25. The summed E-state index contributed by atoms with van der Waals surface area (Å²) in [6, 6.07) is 13.0. The summed E-state index contributed by atoms with van der Waals surface area (Å²) in [5, 5.41) is 3.54. The Morgan fingerprint density at radius 1 is 1.29 bits per heavy atom. The van der Waals surface area contributed by atoms with Gasteiger partial charge >= 0.3 is 0 Å². The van der Waals surface area contributed by atoms with Crippen LogP contribution in [0, 0.1) is 0 Å². The van der Waals surface area contributed by atoms with Crippen LogP contribution in [0.15, 0.2) is 47.4 Å². The molecule has 0 fully saturated rings. The van der Waals surface area contributed by atoms with Crippen LogP contribution in [0.5, 0.6) is 0 Å². The van der Waals surface area contributed by atoms with E-state index in [1.807, 2.05) is 37.3 Å². The van der Waals surface area contributed by atoms with Gasteiger partial charge in [0, 0.05) is 27.9 Å². The highest BCUT2D eigenvalue weighted by Gasteiger charge is 2.12. The minimum absolute atomic E-state index is 0.0841. The Bertz CT molecular complexity index is 646. The number of carbonyl (C=O) groups excluding carboxylic acids is 1. The fraction of sp³-hybridized carbons (Fsp3) is 0.188. The molecule has 0 bridgehead atoms. The number of nitrogens with two attached hydrogens (primary N) is 1. The highest BCUT2D eigenvalue weighted by molar-refractivity contribution is 7.98. The Hall–Kier alpha value is -1.65. The van der Waals surface area contributed by atoms with Gasteiger partial charge in [0.05, 0.1) is 5.56 Å². The predicted molar refractivity (Wildman–Crippen MR) is 89.9 cm³/mol. The van der Waals surface area contributed by atoms with Crippen LogP contribution in [0.2, 0.25) is 5.02 Å². The lowest BCUT2D eigenvalue weighted by Gasteiger charge is -2.10. The zero-order valence-corrected chi connectivity index (χ0v) is 13.3. The molecule has 3 N–H and O–H groups in total. The van der Waals surface area contributed by atoms with Gasteiger partial charge in [-0.2, -0.15) is 0 Å². The van der Waals surface area contributed by atoms with Crippen molar-refractivity contribution >= 4 is 35.0 Å². The van der Waals surface area contributed by atoms with E-state index < -0.39 is 0 Å². The van der Waals surface area contributed by atoms with Gasteiger partial charge in [0.25, 0.3) is 5.91 Å². The van der Waals surface area contributed by atoms with Crippen LogP contribution >= 0.6 is 23.4 Å². The van der Waals surface area contributed by atoms with Gasteiger partial charge in [-0.1, -0.05) is 29.8 Å². The zero-order valence-electron chi connectivity index (χ0n) is 11.7. The molecule has 0 saturated heterocycles. The largest absolute Gasteiger partial charge is 0.399 e. The average Bonchev–Trinajstić information content (AvgIpc) is 2.46. The van der Waals surface area contributed by atoms with E-state index in [2.05, 4.69) is 5.32 Å². The van der Waals surface area contributed by atoms with Crippen molar-refractivity contribution in [2.45, 2.75) is 17.6 Å². The molecule has 0 unspecified atom stereocenters. The van der Waals surface area contributed by atoms with E-state index in [9.17, 15) is 4.79 Å². The third-order valence-electron chi connectivity index (χ3n) is 2.93. The van der Waals surface area contributed by atoms with Crippen molar-refractivity contribution in [1.82, 2.24) is 5.32 Å². The second-order valence-electron chi connectivity index (χ2n) is 4.50. The summed E-state index contributed by atoms with van der Waals surface area (Å²) >= 11 is 7.71. The monoisotopic (exact) mass is 320 g/mol. The summed E-state index contributed by atoms with van der Waals surface area (Å²) in [4.78, 5) is 12.9. The van der Waals surface area contributed by atoms with Crippen LogP contribution in [-0.4, -0.2) is 12.5 Å². The van der Waals surface area contributed by atoms with Crippen LogP contribution in [0.4, 0.5) is 5.69 Å². The van der Waals surface area contributed by atoms with Crippen molar-refractivity contribution < 1.29 is 4.79 Å². The number of carbonyl (C=O) groups is 1. The Kier molecular flexibility index (Phi) is 5.53. The highest BCUT2D eigenvalue weighted by Crippen LogP contribution is 2.30. The van der Waals surface area contributed by atoms with Crippen LogP contribution in [0.25, 0.3) is 0 Å². The smallest absolute Gasteiger partial charge is 0.252 e. The standard InChI is InChI=1S/C16H17ClN2OS/c1-2-19-16(20)13-8-7-12(18)9-15(13)21-10-11-5-3-4-6-14(11)17/h3-9H,2,10,18H2,1H3,(H,19,20). The quantitative estimate of drug-likeness (QED) is 0.647. The summed E-state index contributed by atoms with van der Waals surface area (Å²) < 4.78 is 0. The van der Waals surface area contributed by atoms with Crippen molar-refractivity contribution in [3.8, 4) is 0 Å². The maximum atomic E-state index is 12.1. The fourth-order valence-electron chi connectivity index (χ4n) is 1.87. The second-order valence-corrected chi connectivity index (χ2v) is 5.92. The van der Waals surface area contributed by atoms with Gasteiger partial charge < -0.3 is 11.1 Å². The molecule has 0 saturated carbocycles. The van der Waals surface area contributed by atoms with Crippen molar-refractivity contribution in [2.75, 3.05) is 12.3 Å². The molecule has 3 nitrogen and oxygen atoms in total. The Balaban J connectivity index is 2.20. The Morgan fingerprint density at radius 3 is 2.76 bits per heavy atom. The molecule has 0 heterocycles. The molecule has 0 aromatic heterocycles. The van der Waals surface area contributed by atoms with Crippen LogP contribution in [0.1, 0.15) is 22.8 Å². The number of nitrogens with one attached hydrogen (secondary N) is 1. The number of hydrogen-bond acceptors (Lipinski definition) is 3. The highest BCUT2D eigenvalue weighted by atomic mass is 35.5. The lowest BCUT2D eigenvalue weighted by Crippen LogP contribution is -2.23. The SMILES string of the molecule is CCNC(=O)c1ccc(N)cc1SCc1ccccc1Cl. The first kappa shape index (κ1) is 15.7. The number of benzene rings is 2. The first-order valence-corrected chi connectivity index (χ1v) is 8.02. The number of anilines is 1. The maximum Gasteiger partial charge on any atom is 0.252 e. The van der Waals surface area contributed by atoms with Crippen molar-refractivity contribution in [3.63, 3.8) is 0 Å². The molecule has 0 atom stereocenters. The van der Waals surface area contributed by atoms with E-state index >= 15 is 0 Å². The molecule has 0 spiro atoms. The molecule has 0 aliphatic carbocycles. The summed E-state index contributed by atoms with van der Waals surface area (Å²) in [5.41, 5.74) is 8.15. The van der Waals surface area contributed by atoms with Gasteiger partial charge in [-0.05, 0) is 36.8 Å². The van der Waals surface area contributed by atoms with Crippen molar-refractivity contribution in [1.29, 1.82) is 0 Å². The van der Waals surface area contributed by atoms with E-state index in [0.717, 1.165) is 15.5 Å². The number of rotatable bonds is 5. The predicted octanol–water partition coefficient (Wildman–Crippen LogP) is 3.96. The molecule has 0 aliphatic heterocycles. The minimum Gasteiger partial charge on any atom is -0.399 e. The molecule has 2 rings (SSSR count). The summed E-state index contributed by atoms with van der Waals surface area (Å²) in [6.07, 6.45) is 0. The lowest BCUT2D eigenvalue weighted by molar-refractivity contribution is 0.0953. The average molecular weight is 321 g/mol. The topological polar surface area (TPSA) is 55.1 Å². The first-order valence-electron chi connectivity index (χ1n) is 6.65. The van der Waals surface area contributed by atoms with Crippen LogP contribution in [-0.2, 0) is 5.75 Å². The zero-order chi connectivity index (χ0) is 15.2. The molecular formula is C16H17ClN2OS. The van der Waals surface area contributed by atoms with Crippen LogP contribution < -0.4 is 11.1 Å². The molecule has 21 heavy (non-hydrogen) atoms. The second kappa shape index (κ2) is 7.38. The van der Waals surface area contributed by atoms with E-state index in [1.165, 1.54) is 0 Å². The van der Waals surface area contributed by atoms with E-state index in [1.54, 1.807) is 23.9 Å². The van der Waals surface area contributed by atoms with Crippen molar-refractivity contribution in [3.05, 3.63) is 58.6 Å². The van der Waals surface area contributed by atoms with Gasteiger partial charge in [-0.15, -0.1) is 11.8 Å². The van der Waals surface area contributed by atoms with Crippen molar-refractivity contribution in [2.24, 2.45) is 0 Å². The number of thioether (sulfide) groups is 1. The Labute approximate surface area is 133 Å². The summed E-state index contributed by atoms with van der Waals surface area (Å²) in [5.74, 6) is 0.606. The van der Waals surface area contributed by atoms with E-state index in [4.69, 9.17) is 17.3 Å². The normalized spacial score (nSPS) is 10.4. The number of halogens is 1. The van der Waals surface area contributed by atoms with E-state index in [0.29, 0.717) is 23.5 Å². The first-order chi connectivity index (χ1) is 10.1.